The van der Waals surface area contributed by atoms with Gasteiger partial charge in [0.05, 0.1) is 25.7 Å². The molecule has 2 aromatic carbocycles. The summed E-state index contributed by atoms with van der Waals surface area (Å²) < 4.78 is 5.35. The van der Waals surface area contributed by atoms with Gasteiger partial charge in [-0.15, -0.1) is 11.3 Å². The first kappa shape index (κ1) is 22.9. The first-order valence-electron chi connectivity index (χ1n) is 7.83. The van der Waals surface area contributed by atoms with Crippen molar-refractivity contribution >= 4 is 86.1 Å². The van der Waals surface area contributed by atoms with E-state index in [0.717, 1.165) is 0 Å². The van der Waals surface area contributed by atoms with Crippen molar-refractivity contribution in [2.24, 2.45) is 0 Å². The number of nitro benzene ring substituents is 1. The van der Waals surface area contributed by atoms with Crippen LogP contribution in [-0.4, -0.2) is 22.4 Å². The molecule has 156 valence electrons. The summed E-state index contributed by atoms with van der Waals surface area (Å²) in [5, 5.41) is 15.0. The van der Waals surface area contributed by atoms with E-state index in [0.29, 0.717) is 16.4 Å². The minimum Gasteiger partial charge on any atom is -0.481 e. The molecule has 0 saturated carbocycles. The number of carbonyl (C=O) groups is 1. The number of hydrogen-bond acceptors (Lipinski definition) is 6. The Labute approximate surface area is 198 Å². The topological polar surface area (TPSA) is 94.4 Å². The van der Waals surface area contributed by atoms with Gasteiger partial charge in [-0.25, -0.2) is 4.98 Å². The molecular weight excluding hydrogens is 520 g/mol. The van der Waals surface area contributed by atoms with E-state index in [1.807, 2.05) is 0 Å². The summed E-state index contributed by atoms with van der Waals surface area (Å²) in [6.07, 6.45) is 0. The predicted molar refractivity (Wildman–Crippen MR) is 120 cm³/mol. The van der Waals surface area contributed by atoms with Gasteiger partial charge in [0.2, 0.25) is 0 Å². The second-order valence-electron chi connectivity index (χ2n) is 5.58. The van der Waals surface area contributed by atoms with Crippen molar-refractivity contribution in [1.29, 1.82) is 0 Å². The van der Waals surface area contributed by atoms with E-state index in [4.69, 9.17) is 62.7 Å². The number of non-ortho nitro benzene ring substituents is 1. The van der Waals surface area contributed by atoms with E-state index < -0.39 is 17.4 Å². The number of anilines is 1. The second-order valence-corrected chi connectivity index (χ2v) is 8.33. The first-order chi connectivity index (χ1) is 14.2. The average Bonchev–Trinajstić information content (AvgIpc) is 3.19. The Hall–Kier alpha value is -1.81. The van der Waals surface area contributed by atoms with Gasteiger partial charge in [-0.05, 0) is 12.1 Å². The van der Waals surface area contributed by atoms with Crippen LogP contribution in [0.5, 0.6) is 5.75 Å². The highest BCUT2D eigenvalue weighted by Gasteiger charge is 2.21. The van der Waals surface area contributed by atoms with Crippen molar-refractivity contribution in [3.63, 3.8) is 0 Å². The molecule has 0 radical (unpaired) electrons. The summed E-state index contributed by atoms with van der Waals surface area (Å²) in [6, 6.07) is 5.88. The summed E-state index contributed by atoms with van der Waals surface area (Å²) in [4.78, 5) is 26.7. The number of nitro groups is 1. The summed E-state index contributed by atoms with van der Waals surface area (Å²) in [7, 11) is 0. The van der Waals surface area contributed by atoms with Gasteiger partial charge in [0.25, 0.3) is 11.6 Å². The molecule has 1 heterocycles. The Morgan fingerprint density at radius 2 is 1.60 bits per heavy atom. The second kappa shape index (κ2) is 9.55. The van der Waals surface area contributed by atoms with Crippen LogP contribution in [0.3, 0.4) is 0 Å². The van der Waals surface area contributed by atoms with Crippen LogP contribution in [0.4, 0.5) is 10.8 Å². The van der Waals surface area contributed by atoms with Crippen molar-refractivity contribution in [3.8, 4) is 17.0 Å². The molecule has 7 nitrogen and oxygen atoms in total. The zero-order valence-electron chi connectivity index (χ0n) is 14.4. The molecule has 1 aromatic heterocycles. The van der Waals surface area contributed by atoms with E-state index in [-0.39, 0.29) is 36.6 Å². The van der Waals surface area contributed by atoms with Crippen LogP contribution in [0.2, 0.25) is 25.1 Å². The zero-order valence-corrected chi connectivity index (χ0v) is 19.0. The van der Waals surface area contributed by atoms with Crippen LogP contribution in [-0.2, 0) is 4.79 Å². The Morgan fingerprint density at radius 3 is 2.17 bits per heavy atom. The lowest BCUT2D eigenvalue weighted by Crippen LogP contribution is -2.20. The van der Waals surface area contributed by atoms with E-state index in [2.05, 4.69) is 10.3 Å². The lowest BCUT2D eigenvalue weighted by atomic mass is 10.1. The van der Waals surface area contributed by atoms with Crippen molar-refractivity contribution in [2.75, 3.05) is 11.9 Å². The molecule has 0 unspecified atom stereocenters. The molecule has 1 N–H and O–H groups in total. The molecule has 30 heavy (non-hydrogen) atoms. The molecule has 0 spiro atoms. The van der Waals surface area contributed by atoms with Crippen molar-refractivity contribution in [2.45, 2.75) is 0 Å². The SMILES string of the molecule is O=C(COc1c(Cl)c(Cl)c(Cl)c(Cl)c1Cl)Nc1nc(-c2ccc([N+](=O)[O-])cc2)cs1. The van der Waals surface area contributed by atoms with E-state index in [9.17, 15) is 14.9 Å². The number of ether oxygens (including phenoxy) is 1. The summed E-state index contributed by atoms with van der Waals surface area (Å²) in [5.41, 5.74) is 1.19. The Bertz CT molecular complexity index is 1110. The van der Waals surface area contributed by atoms with Crippen molar-refractivity contribution in [1.82, 2.24) is 4.98 Å². The van der Waals surface area contributed by atoms with Crippen LogP contribution in [0.15, 0.2) is 29.6 Å². The fourth-order valence-electron chi connectivity index (χ4n) is 2.22. The third-order valence-electron chi connectivity index (χ3n) is 3.64. The first-order valence-corrected chi connectivity index (χ1v) is 10.6. The fraction of sp³-hybridized carbons (Fsp3) is 0.0588. The lowest BCUT2D eigenvalue weighted by molar-refractivity contribution is -0.384. The molecule has 0 saturated heterocycles. The minimum absolute atomic E-state index is 0.0216. The van der Waals surface area contributed by atoms with E-state index in [1.165, 1.54) is 23.5 Å². The molecule has 0 aliphatic heterocycles. The molecule has 13 heteroatoms. The van der Waals surface area contributed by atoms with Gasteiger partial charge in [-0.1, -0.05) is 58.0 Å². The van der Waals surface area contributed by atoms with E-state index >= 15 is 0 Å². The maximum absolute atomic E-state index is 12.2. The average molecular weight is 528 g/mol. The number of nitrogens with zero attached hydrogens (tertiary/aromatic N) is 2. The van der Waals surface area contributed by atoms with Crippen molar-refractivity contribution in [3.05, 3.63) is 64.9 Å². The van der Waals surface area contributed by atoms with Crippen LogP contribution in [0, 0.1) is 10.1 Å². The number of rotatable bonds is 6. The van der Waals surface area contributed by atoms with Crippen LogP contribution in [0.1, 0.15) is 0 Å². The standard InChI is InChI=1S/C17H8Cl5N3O4S/c18-11-12(19)14(21)16(15(22)13(11)20)29-5-10(26)24-17-23-9(6-30-17)7-1-3-8(4-2-7)25(27)28/h1-4,6H,5H2,(H,23,24,26). The molecule has 0 bridgehead atoms. The van der Waals surface area contributed by atoms with Gasteiger partial charge >= 0.3 is 0 Å². The normalized spacial score (nSPS) is 10.7. The largest absolute Gasteiger partial charge is 0.481 e. The molecule has 0 fully saturated rings. The Kier molecular flexibility index (Phi) is 7.28. The summed E-state index contributed by atoms with van der Waals surface area (Å²) >= 11 is 31.1. The number of hydrogen-bond donors (Lipinski definition) is 1. The number of nitrogens with one attached hydrogen (secondary N) is 1. The highest BCUT2D eigenvalue weighted by atomic mass is 35.5. The molecule has 0 atom stereocenters. The molecule has 0 aliphatic rings. The molecular formula is C17H8Cl5N3O4S. The minimum atomic E-state index is -0.533. The van der Waals surface area contributed by atoms with Gasteiger partial charge in [0.15, 0.2) is 17.5 Å². The van der Waals surface area contributed by atoms with Gasteiger partial charge in [-0.3, -0.25) is 20.2 Å². The predicted octanol–water partition coefficient (Wildman–Crippen LogP) is 7.00. The van der Waals surface area contributed by atoms with Crippen LogP contribution in [0.25, 0.3) is 11.3 Å². The Morgan fingerprint density at radius 1 is 1.03 bits per heavy atom. The molecule has 3 rings (SSSR count). The van der Waals surface area contributed by atoms with E-state index in [1.54, 1.807) is 17.5 Å². The number of thiazole rings is 1. The monoisotopic (exact) mass is 525 g/mol. The molecule has 1 amide bonds. The maximum atomic E-state index is 12.2. The van der Waals surface area contributed by atoms with Gasteiger partial charge in [0, 0.05) is 23.1 Å². The van der Waals surface area contributed by atoms with Gasteiger partial charge in [-0.2, -0.15) is 0 Å². The van der Waals surface area contributed by atoms with Gasteiger partial charge in [0.1, 0.15) is 10.0 Å². The zero-order chi connectivity index (χ0) is 22.0. The third kappa shape index (κ3) is 4.91. The summed E-state index contributed by atoms with van der Waals surface area (Å²) in [5.74, 6) is -0.604. The quantitative estimate of drug-likeness (QED) is 0.161. The fourth-order valence-corrected chi connectivity index (χ4v) is 4.19. The lowest BCUT2D eigenvalue weighted by Gasteiger charge is -2.13. The van der Waals surface area contributed by atoms with Gasteiger partial charge < -0.3 is 4.74 Å². The highest BCUT2D eigenvalue weighted by Crippen LogP contribution is 2.48. The highest BCUT2D eigenvalue weighted by molar-refractivity contribution is 7.14. The number of halogens is 5. The molecule has 3 aromatic rings. The maximum Gasteiger partial charge on any atom is 0.269 e. The van der Waals surface area contributed by atoms with Crippen LogP contribution < -0.4 is 10.1 Å². The number of carbonyl (C=O) groups excluding carboxylic acids is 1. The number of aromatic nitrogens is 1. The molecule has 0 aliphatic carbocycles. The van der Waals surface area contributed by atoms with Crippen LogP contribution >= 0.6 is 69.3 Å². The van der Waals surface area contributed by atoms with Crippen molar-refractivity contribution < 1.29 is 14.5 Å². The number of benzene rings is 2. The third-order valence-corrected chi connectivity index (χ3v) is 6.64. The smallest absolute Gasteiger partial charge is 0.269 e. The summed E-state index contributed by atoms with van der Waals surface area (Å²) in [6.45, 7) is -0.444. The Balaban J connectivity index is 1.66. The number of amides is 1.